The van der Waals surface area contributed by atoms with Crippen molar-refractivity contribution in [3.05, 3.63) is 0 Å². The zero-order valence-electron chi connectivity index (χ0n) is 13.6. The number of aliphatic imine (C=N–C) groups is 1. The SMILES string of the molecule is CN(C(N)=NCC1CCN(C(=O)OC(C)(C)C)C1)C1CC1. The highest BCUT2D eigenvalue weighted by Gasteiger charge is 2.30. The lowest BCUT2D eigenvalue weighted by Gasteiger charge is -2.24. The molecule has 1 aliphatic heterocycles. The van der Waals surface area contributed by atoms with Crippen molar-refractivity contribution in [1.29, 1.82) is 0 Å². The van der Waals surface area contributed by atoms with Gasteiger partial charge >= 0.3 is 6.09 Å². The van der Waals surface area contributed by atoms with Crippen LogP contribution in [0, 0.1) is 5.92 Å². The number of hydrogen-bond acceptors (Lipinski definition) is 3. The lowest BCUT2D eigenvalue weighted by atomic mass is 10.1. The van der Waals surface area contributed by atoms with Crippen LogP contribution in [0.15, 0.2) is 4.99 Å². The Hall–Kier alpha value is -1.46. The van der Waals surface area contributed by atoms with Gasteiger partial charge in [-0.25, -0.2) is 4.79 Å². The Morgan fingerprint density at radius 2 is 2.05 bits per heavy atom. The highest BCUT2D eigenvalue weighted by Crippen LogP contribution is 2.25. The fourth-order valence-electron chi connectivity index (χ4n) is 2.46. The third-order valence-electron chi connectivity index (χ3n) is 3.90. The molecule has 2 N–H and O–H groups in total. The molecule has 0 aromatic carbocycles. The van der Waals surface area contributed by atoms with E-state index >= 15 is 0 Å². The van der Waals surface area contributed by atoms with Crippen LogP contribution in [-0.2, 0) is 4.74 Å². The minimum atomic E-state index is -0.440. The average molecular weight is 296 g/mol. The lowest BCUT2D eigenvalue weighted by Crippen LogP contribution is -2.36. The van der Waals surface area contributed by atoms with Gasteiger partial charge in [-0.15, -0.1) is 0 Å². The molecule has 1 unspecified atom stereocenters. The van der Waals surface area contributed by atoms with Crippen molar-refractivity contribution in [2.45, 2.75) is 51.7 Å². The van der Waals surface area contributed by atoms with E-state index in [9.17, 15) is 4.79 Å². The van der Waals surface area contributed by atoms with Gasteiger partial charge in [-0.05, 0) is 46.0 Å². The third kappa shape index (κ3) is 4.79. The molecule has 1 aliphatic carbocycles. The van der Waals surface area contributed by atoms with Crippen molar-refractivity contribution < 1.29 is 9.53 Å². The minimum Gasteiger partial charge on any atom is -0.444 e. The van der Waals surface area contributed by atoms with Crippen LogP contribution >= 0.6 is 0 Å². The molecular weight excluding hydrogens is 268 g/mol. The predicted molar refractivity (Wildman–Crippen MR) is 83.2 cm³/mol. The molecule has 1 atom stereocenters. The number of guanidine groups is 1. The molecule has 2 aliphatic rings. The van der Waals surface area contributed by atoms with Gasteiger partial charge in [0.25, 0.3) is 0 Å². The van der Waals surface area contributed by atoms with Gasteiger partial charge in [0, 0.05) is 32.7 Å². The third-order valence-corrected chi connectivity index (χ3v) is 3.90. The second-order valence-electron chi connectivity index (χ2n) is 7.12. The molecule has 1 saturated carbocycles. The Balaban J connectivity index is 1.77. The highest BCUT2D eigenvalue weighted by molar-refractivity contribution is 5.78. The second kappa shape index (κ2) is 6.12. The molecule has 2 rings (SSSR count). The number of likely N-dealkylation sites (tertiary alicyclic amines) is 1. The van der Waals surface area contributed by atoms with Crippen LogP contribution in [0.4, 0.5) is 4.79 Å². The summed E-state index contributed by atoms with van der Waals surface area (Å²) in [5.41, 5.74) is 5.54. The number of carbonyl (C=O) groups is 1. The number of hydrogen-bond donors (Lipinski definition) is 1. The fourth-order valence-corrected chi connectivity index (χ4v) is 2.46. The van der Waals surface area contributed by atoms with Gasteiger partial charge in [-0.1, -0.05) is 0 Å². The summed E-state index contributed by atoms with van der Waals surface area (Å²) >= 11 is 0. The molecule has 1 amide bonds. The summed E-state index contributed by atoms with van der Waals surface area (Å²) in [6.07, 6.45) is 3.16. The number of carbonyl (C=O) groups excluding carboxylic acids is 1. The van der Waals surface area contributed by atoms with Crippen molar-refractivity contribution in [3.63, 3.8) is 0 Å². The first kappa shape index (κ1) is 15.9. The van der Waals surface area contributed by atoms with Gasteiger partial charge in [0.1, 0.15) is 5.60 Å². The Bertz CT molecular complexity index is 412. The summed E-state index contributed by atoms with van der Waals surface area (Å²) < 4.78 is 5.39. The fraction of sp³-hybridized carbons (Fsp3) is 0.867. The van der Waals surface area contributed by atoms with Gasteiger partial charge in [0.15, 0.2) is 5.96 Å². The number of nitrogens with two attached hydrogens (primary N) is 1. The van der Waals surface area contributed by atoms with Crippen LogP contribution < -0.4 is 5.73 Å². The Morgan fingerprint density at radius 1 is 1.38 bits per heavy atom. The molecule has 0 aromatic heterocycles. The summed E-state index contributed by atoms with van der Waals surface area (Å²) in [5.74, 6) is 0.997. The second-order valence-corrected chi connectivity index (χ2v) is 7.12. The normalized spacial score (nSPS) is 23.3. The number of nitrogens with zero attached hydrogens (tertiary/aromatic N) is 3. The van der Waals surface area contributed by atoms with E-state index in [-0.39, 0.29) is 6.09 Å². The standard InChI is InChI=1S/C15H28N4O2/c1-15(2,3)21-14(20)19-8-7-11(10-19)9-17-13(16)18(4)12-5-6-12/h11-12H,5-10H2,1-4H3,(H2,16,17). The molecular formula is C15H28N4O2. The Morgan fingerprint density at radius 3 is 2.62 bits per heavy atom. The van der Waals surface area contributed by atoms with Crippen molar-refractivity contribution >= 4 is 12.1 Å². The van der Waals surface area contributed by atoms with E-state index in [2.05, 4.69) is 9.89 Å². The highest BCUT2D eigenvalue weighted by atomic mass is 16.6. The van der Waals surface area contributed by atoms with Crippen molar-refractivity contribution in [2.24, 2.45) is 16.6 Å². The Labute approximate surface area is 127 Å². The maximum Gasteiger partial charge on any atom is 0.410 e. The quantitative estimate of drug-likeness (QED) is 0.635. The van der Waals surface area contributed by atoms with E-state index in [1.807, 2.05) is 27.8 Å². The largest absolute Gasteiger partial charge is 0.444 e. The molecule has 6 heteroatoms. The first-order valence-electron chi connectivity index (χ1n) is 7.77. The van der Waals surface area contributed by atoms with E-state index < -0.39 is 5.60 Å². The smallest absolute Gasteiger partial charge is 0.410 e. The van der Waals surface area contributed by atoms with E-state index in [1.165, 1.54) is 12.8 Å². The first-order valence-corrected chi connectivity index (χ1v) is 7.77. The van der Waals surface area contributed by atoms with Crippen LogP contribution in [-0.4, -0.2) is 60.2 Å². The Kier molecular flexibility index (Phi) is 4.64. The van der Waals surface area contributed by atoms with Crippen LogP contribution in [0.2, 0.25) is 0 Å². The molecule has 2 fully saturated rings. The average Bonchev–Trinajstić information content (AvgIpc) is 3.11. The monoisotopic (exact) mass is 296 g/mol. The van der Waals surface area contributed by atoms with Gasteiger partial charge < -0.3 is 20.3 Å². The van der Waals surface area contributed by atoms with E-state index in [4.69, 9.17) is 10.5 Å². The van der Waals surface area contributed by atoms with Crippen LogP contribution in [0.1, 0.15) is 40.0 Å². The van der Waals surface area contributed by atoms with Gasteiger partial charge in [-0.2, -0.15) is 0 Å². The summed E-state index contributed by atoms with van der Waals surface area (Å²) in [6.45, 7) is 7.79. The van der Waals surface area contributed by atoms with Crippen molar-refractivity contribution in [3.8, 4) is 0 Å². The van der Waals surface area contributed by atoms with E-state index in [0.29, 0.717) is 31.0 Å². The molecule has 1 heterocycles. The zero-order valence-corrected chi connectivity index (χ0v) is 13.6. The van der Waals surface area contributed by atoms with E-state index in [1.54, 1.807) is 4.90 Å². The molecule has 0 aromatic rings. The molecule has 120 valence electrons. The number of ether oxygens (including phenoxy) is 1. The van der Waals surface area contributed by atoms with Gasteiger partial charge in [0.2, 0.25) is 0 Å². The number of amides is 1. The first-order chi connectivity index (χ1) is 9.76. The van der Waals surface area contributed by atoms with E-state index in [0.717, 1.165) is 13.0 Å². The molecule has 1 saturated heterocycles. The molecule has 0 bridgehead atoms. The minimum absolute atomic E-state index is 0.225. The van der Waals surface area contributed by atoms with Crippen LogP contribution in [0.5, 0.6) is 0 Å². The maximum atomic E-state index is 12.0. The molecule has 6 nitrogen and oxygen atoms in total. The zero-order chi connectivity index (χ0) is 15.6. The topological polar surface area (TPSA) is 71.2 Å². The van der Waals surface area contributed by atoms with Crippen LogP contribution in [0.25, 0.3) is 0 Å². The van der Waals surface area contributed by atoms with Gasteiger partial charge in [-0.3, -0.25) is 4.99 Å². The predicted octanol–water partition coefficient (Wildman–Crippen LogP) is 1.65. The van der Waals surface area contributed by atoms with Crippen molar-refractivity contribution in [1.82, 2.24) is 9.80 Å². The summed E-state index contributed by atoms with van der Waals surface area (Å²) in [7, 11) is 2.00. The molecule has 0 spiro atoms. The van der Waals surface area contributed by atoms with Gasteiger partial charge in [0.05, 0.1) is 0 Å². The summed E-state index contributed by atoms with van der Waals surface area (Å²) in [6, 6.07) is 0.579. The molecule has 0 radical (unpaired) electrons. The van der Waals surface area contributed by atoms with Crippen molar-refractivity contribution in [2.75, 3.05) is 26.7 Å². The lowest BCUT2D eigenvalue weighted by molar-refractivity contribution is 0.0289. The maximum absolute atomic E-state index is 12.0. The summed E-state index contributed by atoms with van der Waals surface area (Å²) in [4.78, 5) is 20.3. The summed E-state index contributed by atoms with van der Waals surface area (Å²) in [5, 5.41) is 0. The number of rotatable bonds is 3. The van der Waals surface area contributed by atoms with Crippen LogP contribution in [0.3, 0.4) is 0 Å². The molecule has 21 heavy (non-hydrogen) atoms.